The molecule has 0 radical (unpaired) electrons. The summed E-state index contributed by atoms with van der Waals surface area (Å²) in [6, 6.07) is 0. The van der Waals surface area contributed by atoms with E-state index in [2.05, 4.69) is 13.8 Å². The molecule has 0 aliphatic rings. The second-order valence-corrected chi connectivity index (χ2v) is 3.10. The van der Waals surface area contributed by atoms with Crippen LogP contribution in [0.5, 0.6) is 0 Å². The normalized spacial score (nSPS) is 13.7. The van der Waals surface area contributed by atoms with Gasteiger partial charge in [-0.3, -0.25) is 4.79 Å². The van der Waals surface area contributed by atoms with E-state index >= 15 is 0 Å². The van der Waals surface area contributed by atoms with Crippen LogP contribution in [0.2, 0.25) is 0 Å². The zero-order valence-corrected chi connectivity index (χ0v) is 6.92. The third-order valence-corrected chi connectivity index (χ3v) is 1.49. The first-order valence-corrected chi connectivity index (χ1v) is 3.72. The number of carbonyl (C=O) groups is 1. The van der Waals surface area contributed by atoms with Crippen molar-refractivity contribution in [2.75, 3.05) is 0 Å². The van der Waals surface area contributed by atoms with Gasteiger partial charge in [0.1, 0.15) is 6.10 Å². The maximum Gasteiger partial charge on any atom is 0.158 e. The summed E-state index contributed by atoms with van der Waals surface area (Å²) in [5.74, 6) is 0.439. The van der Waals surface area contributed by atoms with Gasteiger partial charge in [-0.05, 0) is 25.7 Å². The quantitative estimate of drug-likeness (QED) is 0.647. The number of aliphatic hydroxyl groups is 1. The summed E-state index contributed by atoms with van der Waals surface area (Å²) in [4.78, 5) is 10.5. The number of hydrogen-bond donors (Lipinski definition) is 1. The number of ketones is 1. The molecule has 60 valence electrons. The van der Waals surface area contributed by atoms with Crippen molar-refractivity contribution in [3.8, 4) is 0 Å². The van der Waals surface area contributed by atoms with Crippen LogP contribution in [0.25, 0.3) is 0 Å². The van der Waals surface area contributed by atoms with Crippen LogP contribution >= 0.6 is 0 Å². The number of hydrogen-bond acceptors (Lipinski definition) is 2. The molecule has 0 amide bonds. The molecule has 2 nitrogen and oxygen atoms in total. The van der Waals surface area contributed by atoms with Crippen LogP contribution in [0.1, 0.15) is 33.6 Å². The Labute approximate surface area is 62.2 Å². The summed E-state index contributed by atoms with van der Waals surface area (Å²) in [5, 5.41) is 9.03. The Morgan fingerprint density at radius 1 is 1.40 bits per heavy atom. The molecule has 0 heterocycles. The van der Waals surface area contributed by atoms with Crippen molar-refractivity contribution in [2.45, 2.75) is 39.7 Å². The number of Topliss-reactive ketones (excluding diaryl/α,β-unsaturated/α-hetero) is 1. The predicted molar refractivity (Wildman–Crippen MR) is 40.8 cm³/mol. The molecular weight excluding hydrogens is 128 g/mol. The molecule has 1 unspecified atom stereocenters. The molecule has 0 aliphatic carbocycles. The Morgan fingerprint density at radius 2 is 1.90 bits per heavy atom. The van der Waals surface area contributed by atoms with Gasteiger partial charge >= 0.3 is 0 Å². The topological polar surface area (TPSA) is 37.3 Å². The lowest BCUT2D eigenvalue weighted by atomic mass is 10.0. The van der Waals surface area contributed by atoms with Gasteiger partial charge in [0.2, 0.25) is 0 Å². The first-order valence-electron chi connectivity index (χ1n) is 3.72. The highest BCUT2D eigenvalue weighted by molar-refractivity contribution is 5.79. The summed E-state index contributed by atoms with van der Waals surface area (Å²) in [5.41, 5.74) is 0. The van der Waals surface area contributed by atoms with Gasteiger partial charge in [0.05, 0.1) is 0 Å². The van der Waals surface area contributed by atoms with Gasteiger partial charge < -0.3 is 5.11 Å². The molecule has 0 rings (SSSR count). The Balaban J connectivity index is 3.40. The van der Waals surface area contributed by atoms with Crippen molar-refractivity contribution in [2.24, 2.45) is 5.92 Å². The number of carbonyl (C=O) groups excluding carboxylic acids is 1. The van der Waals surface area contributed by atoms with Crippen molar-refractivity contribution in [3.05, 3.63) is 0 Å². The summed E-state index contributed by atoms with van der Waals surface area (Å²) in [7, 11) is 0. The molecule has 2 heteroatoms. The van der Waals surface area contributed by atoms with Gasteiger partial charge in [0.15, 0.2) is 5.78 Å². The van der Waals surface area contributed by atoms with Gasteiger partial charge in [-0.25, -0.2) is 0 Å². The molecule has 10 heavy (non-hydrogen) atoms. The van der Waals surface area contributed by atoms with Gasteiger partial charge in [0, 0.05) is 0 Å². The van der Waals surface area contributed by atoms with Gasteiger partial charge in [-0.15, -0.1) is 0 Å². The smallest absolute Gasteiger partial charge is 0.158 e. The van der Waals surface area contributed by atoms with Crippen molar-refractivity contribution in [1.82, 2.24) is 0 Å². The molecule has 1 atom stereocenters. The fourth-order valence-electron chi connectivity index (χ4n) is 0.694. The molecule has 0 spiro atoms. The average molecular weight is 144 g/mol. The minimum Gasteiger partial charge on any atom is -0.385 e. The van der Waals surface area contributed by atoms with E-state index in [0.717, 1.165) is 6.42 Å². The molecule has 0 aromatic heterocycles. The Morgan fingerprint density at radius 3 is 2.20 bits per heavy atom. The van der Waals surface area contributed by atoms with Crippen molar-refractivity contribution in [3.63, 3.8) is 0 Å². The third kappa shape index (κ3) is 4.50. The molecule has 0 aromatic carbocycles. The van der Waals surface area contributed by atoms with E-state index in [-0.39, 0.29) is 5.78 Å². The van der Waals surface area contributed by atoms with Crippen LogP contribution in [-0.2, 0) is 4.79 Å². The highest BCUT2D eigenvalue weighted by atomic mass is 16.3. The van der Waals surface area contributed by atoms with Gasteiger partial charge in [-0.2, -0.15) is 0 Å². The highest BCUT2D eigenvalue weighted by Crippen LogP contribution is 2.06. The Hall–Kier alpha value is -0.370. The van der Waals surface area contributed by atoms with Crippen LogP contribution in [0, 0.1) is 5.92 Å². The zero-order valence-electron chi connectivity index (χ0n) is 6.92. The Bertz CT molecular complexity index is 108. The van der Waals surface area contributed by atoms with Crippen LogP contribution < -0.4 is 0 Å². The van der Waals surface area contributed by atoms with Crippen LogP contribution in [0.15, 0.2) is 0 Å². The van der Waals surface area contributed by atoms with Crippen molar-refractivity contribution in [1.29, 1.82) is 0 Å². The first-order chi connectivity index (χ1) is 4.54. The SMILES string of the molecule is CC(=O)C(O)CCC(C)C. The molecule has 0 bridgehead atoms. The largest absolute Gasteiger partial charge is 0.385 e. The Kier molecular flexibility index (Phi) is 4.28. The molecule has 0 aromatic rings. The maximum atomic E-state index is 10.5. The second-order valence-electron chi connectivity index (χ2n) is 3.10. The van der Waals surface area contributed by atoms with E-state index in [1.165, 1.54) is 6.92 Å². The molecule has 0 fully saturated rings. The van der Waals surface area contributed by atoms with Gasteiger partial charge in [0.25, 0.3) is 0 Å². The molecule has 0 aliphatic heterocycles. The lowest BCUT2D eigenvalue weighted by Gasteiger charge is -2.07. The van der Waals surface area contributed by atoms with Crippen LogP contribution in [0.4, 0.5) is 0 Å². The third-order valence-electron chi connectivity index (χ3n) is 1.49. The average Bonchev–Trinajstić information content (AvgIpc) is 1.82. The predicted octanol–water partition coefficient (Wildman–Crippen LogP) is 1.37. The maximum absolute atomic E-state index is 10.5. The summed E-state index contributed by atoms with van der Waals surface area (Å²) < 4.78 is 0. The van der Waals surface area contributed by atoms with E-state index in [1.54, 1.807) is 0 Å². The zero-order chi connectivity index (χ0) is 8.15. The minimum atomic E-state index is -0.734. The van der Waals surface area contributed by atoms with E-state index in [9.17, 15) is 4.79 Å². The van der Waals surface area contributed by atoms with E-state index in [0.29, 0.717) is 12.3 Å². The molecular formula is C8H16O2. The van der Waals surface area contributed by atoms with Crippen molar-refractivity contribution < 1.29 is 9.90 Å². The number of aliphatic hydroxyl groups excluding tert-OH is 1. The number of rotatable bonds is 4. The second kappa shape index (κ2) is 4.45. The monoisotopic (exact) mass is 144 g/mol. The van der Waals surface area contributed by atoms with Crippen LogP contribution in [0.3, 0.4) is 0 Å². The van der Waals surface area contributed by atoms with Gasteiger partial charge in [-0.1, -0.05) is 13.8 Å². The van der Waals surface area contributed by atoms with E-state index in [4.69, 9.17) is 5.11 Å². The first kappa shape index (κ1) is 9.63. The van der Waals surface area contributed by atoms with Crippen LogP contribution in [-0.4, -0.2) is 17.0 Å². The summed E-state index contributed by atoms with van der Waals surface area (Å²) in [6.07, 6.45) is 0.788. The lowest BCUT2D eigenvalue weighted by Crippen LogP contribution is -2.17. The fraction of sp³-hybridized carbons (Fsp3) is 0.875. The van der Waals surface area contributed by atoms with E-state index < -0.39 is 6.10 Å². The van der Waals surface area contributed by atoms with E-state index in [1.807, 2.05) is 0 Å². The van der Waals surface area contributed by atoms with Crippen molar-refractivity contribution >= 4 is 5.78 Å². The molecule has 0 saturated heterocycles. The fourth-order valence-corrected chi connectivity index (χ4v) is 0.694. The highest BCUT2D eigenvalue weighted by Gasteiger charge is 2.09. The molecule has 1 N–H and O–H groups in total. The summed E-state index contributed by atoms with van der Waals surface area (Å²) >= 11 is 0. The molecule has 0 saturated carbocycles. The minimum absolute atomic E-state index is 0.124. The lowest BCUT2D eigenvalue weighted by molar-refractivity contribution is -0.125. The summed E-state index contributed by atoms with van der Waals surface area (Å²) in [6.45, 7) is 5.57. The standard InChI is InChI=1S/C8H16O2/c1-6(2)4-5-8(10)7(3)9/h6,8,10H,4-5H2,1-3H3.